The molecule has 20 heavy (non-hydrogen) atoms. The van der Waals surface area contributed by atoms with Gasteiger partial charge in [0.05, 0.1) is 17.1 Å². The number of benzene rings is 2. The Kier molecular flexibility index (Phi) is 5.02. The van der Waals surface area contributed by atoms with Gasteiger partial charge in [-0.2, -0.15) is 0 Å². The van der Waals surface area contributed by atoms with Crippen LogP contribution in [0.3, 0.4) is 0 Å². The Morgan fingerprint density at radius 1 is 1.20 bits per heavy atom. The van der Waals surface area contributed by atoms with Gasteiger partial charge in [0.25, 0.3) is 0 Å². The Labute approximate surface area is 134 Å². The van der Waals surface area contributed by atoms with Gasteiger partial charge in [-0.3, -0.25) is 4.79 Å². The van der Waals surface area contributed by atoms with E-state index in [1.807, 2.05) is 0 Å². The molecule has 2 nitrogen and oxygen atoms in total. The highest BCUT2D eigenvalue weighted by atomic mass is 79.9. The maximum absolute atomic E-state index is 13.6. The largest absolute Gasteiger partial charge is 0.324 e. The van der Waals surface area contributed by atoms with Gasteiger partial charge in [0, 0.05) is 9.50 Å². The summed E-state index contributed by atoms with van der Waals surface area (Å²) < 4.78 is 14.3. The highest BCUT2D eigenvalue weighted by molar-refractivity contribution is 9.10. The van der Waals surface area contributed by atoms with Crippen LogP contribution >= 0.6 is 39.1 Å². The van der Waals surface area contributed by atoms with E-state index >= 15 is 0 Å². The second kappa shape index (κ2) is 6.57. The third-order valence-corrected chi connectivity index (χ3v) is 3.62. The van der Waals surface area contributed by atoms with Crippen LogP contribution in [0.1, 0.15) is 5.56 Å². The van der Waals surface area contributed by atoms with Crippen molar-refractivity contribution in [2.45, 2.75) is 6.42 Å². The fourth-order valence-electron chi connectivity index (χ4n) is 1.64. The van der Waals surface area contributed by atoms with Crippen LogP contribution in [0, 0.1) is 5.82 Å². The van der Waals surface area contributed by atoms with Gasteiger partial charge >= 0.3 is 0 Å². The SMILES string of the molecule is O=C(Cc1cc(Br)ccc1F)Nc1cc(Cl)ccc1Cl. The predicted molar refractivity (Wildman–Crippen MR) is 82.9 cm³/mol. The summed E-state index contributed by atoms with van der Waals surface area (Å²) in [6.45, 7) is 0. The molecule has 0 saturated carbocycles. The first kappa shape index (κ1) is 15.3. The van der Waals surface area contributed by atoms with Gasteiger partial charge < -0.3 is 5.32 Å². The normalized spacial score (nSPS) is 10.4. The Morgan fingerprint density at radius 3 is 2.70 bits per heavy atom. The number of carbonyl (C=O) groups is 1. The molecule has 0 heterocycles. The van der Waals surface area contributed by atoms with Crippen LogP contribution in [0.15, 0.2) is 40.9 Å². The van der Waals surface area contributed by atoms with Crippen molar-refractivity contribution in [3.8, 4) is 0 Å². The first-order chi connectivity index (χ1) is 9.45. The molecular formula is C14H9BrCl2FNO. The fraction of sp³-hybridized carbons (Fsp3) is 0.0714. The number of hydrogen-bond donors (Lipinski definition) is 1. The summed E-state index contributed by atoms with van der Waals surface area (Å²) in [6.07, 6.45) is -0.0892. The standard InChI is InChI=1S/C14H9BrCl2FNO/c15-9-1-4-12(18)8(5-9)6-14(20)19-13-7-10(16)2-3-11(13)17/h1-5,7H,6H2,(H,19,20). The summed E-state index contributed by atoms with van der Waals surface area (Å²) in [4.78, 5) is 11.9. The van der Waals surface area contributed by atoms with Crippen molar-refractivity contribution in [2.75, 3.05) is 5.32 Å². The Morgan fingerprint density at radius 2 is 1.95 bits per heavy atom. The lowest BCUT2D eigenvalue weighted by Crippen LogP contribution is -2.15. The molecule has 0 aliphatic heterocycles. The summed E-state index contributed by atoms with van der Waals surface area (Å²) in [5, 5.41) is 3.44. The predicted octanol–water partition coefficient (Wildman–Crippen LogP) is 5.08. The van der Waals surface area contributed by atoms with Crippen molar-refractivity contribution < 1.29 is 9.18 Å². The third-order valence-electron chi connectivity index (χ3n) is 2.56. The summed E-state index contributed by atoms with van der Waals surface area (Å²) in [5.41, 5.74) is 0.703. The molecule has 0 aromatic heterocycles. The molecule has 0 saturated heterocycles. The average Bonchev–Trinajstić information content (AvgIpc) is 2.38. The number of hydrogen-bond acceptors (Lipinski definition) is 1. The van der Waals surface area contributed by atoms with Crippen molar-refractivity contribution in [1.29, 1.82) is 0 Å². The maximum atomic E-state index is 13.6. The monoisotopic (exact) mass is 375 g/mol. The number of nitrogens with one attached hydrogen (secondary N) is 1. The van der Waals surface area contributed by atoms with E-state index in [0.717, 1.165) is 0 Å². The molecule has 0 radical (unpaired) electrons. The number of amides is 1. The molecule has 104 valence electrons. The van der Waals surface area contributed by atoms with E-state index in [0.29, 0.717) is 25.8 Å². The molecule has 2 rings (SSSR count). The van der Waals surface area contributed by atoms with Gasteiger partial charge in [0.1, 0.15) is 5.82 Å². The van der Waals surface area contributed by atoms with E-state index in [1.54, 1.807) is 30.3 Å². The number of anilines is 1. The van der Waals surface area contributed by atoms with Crippen LogP contribution < -0.4 is 5.32 Å². The molecule has 0 unspecified atom stereocenters. The molecule has 0 aliphatic carbocycles. The zero-order valence-electron chi connectivity index (χ0n) is 10.1. The zero-order chi connectivity index (χ0) is 14.7. The van der Waals surface area contributed by atoms with Crippen LogP contribution in [-0.2, 0) is 11.2 Å². The topological polar surface area (TPSA) is 29.1 Å². The minimum absolute atomic E-state index is 0.0892. The molecule has 2 aromatic carbocycles. The molecule has 0 fully saturated rings. The minimum Gasteiger partial charge on any atom is -0.324 e. The average molecular weight is 377 g/mol. The zero-order valence-corrected chi connectivity index (χ0v) is 13.2. The highest BCUT2D eigenvalue weighted by Gasteiger charge is 2.11. The van der Waals surface area contributed by atoms with E-state index in [9.17, 15) is 9.18 Å². The van der Waals surface area contributed by atoms with Crippen LogP contribution in [0.4, 0.5) is 10.1 Å². The van der Waals surface area contributed by atoms with Gasteiger partial charge in [-0.25, -0.2) is 4.39 Å². The first-order valence-corrected chi connectivity index (χ1v) is 7.19. The van der Waals surface area contributed by atoms with E-state index < -0.39 is 5.82 Å². The Hall–Kier alpha value is -1.10. The smallest absolute Gasteiger partial charge is 0.228 e. The molecular weight excluding hydrogens is 368 g/mol. The summed E-state index contributed by atoms with van der Waals surface area (Å²) in [5.74, 6) is -0.799. The summed E-state index contributed by atoms with van der Waals surface area (Å²) >= 11 is 15.0. The number of halogens is 4. The number of carbonyl (C=O) groups excluding carboxylic acids is 1. The summed E-state index contributed by atoms with van der Waals surface area (Å²) in [6, 6.07) is 9.18. The maximum Gasteiger partial charge on any atom is 0.228 e. The van der Waals surface area contributed by atoms with Crippen molar-refractivity contribution >= 4 is 50.7 Å². The van der Waals surface area contributed by atoms with Gasteiger partial charge in [-0.15, -0.1) is 0 Å². The van der Waals surface area contributed by atoms with Crippen LogP contribution in [0.2, 0.25) is 10.0 Å². The Balaban J connectivity index is 2.13. The van der Waals surface area contributed by atoms with Gasteiger partial charge in [-0.05, 0) is 42.0 Å². The lowest BCUT2D eigenvalue weighted by molar-refractivity contribution is -0.115. The first-order valence-electron chi connectivity index (χ1n) is 5.64. The Bertz CT molecular complexity index is 608. The van der Waals surface area contributed by atoms with Crippen molar-refractivity contribution in [3.05, 3.63) is 62.3 Å². The van der Waals surface area contributed by atoms with E-state index in [2.05, 4.69) is 21.2 Å². The van der Waals surface area contributed by atoms with Gasteiger partial charge in [0.2, 0.25) is 5.91 Å². The second-order valence-electron chi connectivity index (χ2n) is 4.08. The lowest BCUT2D eigenvalue weighted by atomic mass is 10.1. The highest BCUT2D eigenvalue weighted by Crippen LogP contribution is 2.25. The quantitative estimate of drug-likeness (QED) is 0.795. The lowest BCUT2D eigenvalue weighted by Gasteiger charge is -2.08. The number of rotatable bonds is 3. The fourth-order valence-corrected chi connectivity index (χ4v) is 2.38. The van der Waals surface area contributed by atoms with E-state index in [-0.39, 0.29) is 12.3 Å². The van der Waals surface area contributed by atoms with Crippen LogP contribution in [0.5, 0.6) is 0 Å². The summed E-state index contributed by atoms with van der Waals surface area (Å²) in [7, 11) is 0. The molecule has 0 atom stereocenters. The molecule has 0 aliphatic rings. The molecule has 0 spiro atoms. The van der Waals surface area contributed by atoms with Crippen molar-refractivity contribution in [1.82, 2.24) is 0 Å². The minimum atomic E-state index is -0.430. The van der Waals surface area contributed by atoms with Gasteiger partial charge in [0.15, 0.2) is 0 Å². The molecule has 0 bridgehead atoms. The molecule has 2 aromatic rings. The second-order valence-corrected chi connectivity index (χ2v) is 5.84. The molecule has 6 heteroatoms. The van der Waals surface area contributed by atoms with Crippen molar-refractivity contribution in [3.63, 3.8) is 0 Å². The molecule has 1 N–H and O–H groups in total. The van der Waals surface area contributed by atoms with E-state index in [4.69, 9.17) is 23.2 Å². The van der Waals surface area contributed by atoms with Crippen LogP contribution in [-0.4, -0.2) is 5.91 Å². The van der Waals surface area contributed by atoms with Crippen LogP contribution in [0.25, 0.3) is 0 Å². The third kappa shape index (κ3) is 3.95. The van der Waals surface area contributed by atoms with Crippen molar-refractivity contribution in [2.24, 2.45) is 0 Å². The van der Waals surface area contributed by atoms with Gasteiger partial charge in [-0.1, -0.05) is 39.1 Å². The van der Waals surface area contributed by atoms with E-state index in [1.165, 1.54) is 6.07 Å². The molecule has 1 amide bonds.